The van der Waals surface area contributed by atoms with Crippen molar-refractivity contribution in [3.8, 4) is 5.75 Å². The largest absolute Gasteiger partial charge is 0.598 e. The van der Waals surface area contributed by atoms with Gasteiger partial charge < -0.3 is 19.5 Å². The Morgan fingerprint density at radius 1 is 1.22 bits per heavy atom. The van der Waals surface area contributed by atoms with E-state index < -0.39 is 33.7 Å². The first-order chi connectivity index (χ1) is 19.2. The number of aromatic nitrogens is 2. The number of halogens is 4. The third kappa shape index (κ3) is 6.77. The molecule has 0 bridgehead atoms. The summed E-state index contributed by atoms with van der Waals surface area (Å²) in [5.41, 5.74) is 0.671. The van der Waals surface area contributed by atoms with Crippen LogP contribution in [0.1, 0.15) is 54.9 Å². The van der Waals surface area contributed by atoms with Crippen molar-refractivity contribution in [2.24, 2.45) is 0 Å². The molecule has 1 unspecified atom stereocenters. The normalized spacial score (nSPS) is 19.2. The molecule has 0 amide bonds. The van der Waals surface area contributed by atoms with E-state index in [-0.39, 0.29) is 27.9 Å². The van der Waals surface area contributed by atoms with Gasteiger partial charge in [0.25, 0.3) is 0 Å². The van der Waals surface area contributed by atoms with Crippen LogP contribution in [-0.2, 0) is 16.8 Å². The summed E-state index contributed by atoms with van der Waals surface area (Å²) in [7, 11) is 1.40. The van der Waals surface area contributed by atoms with Crippen LogP contribution >= 0.6 is 23.8 Å². The molecule has 2 heterocycles. The number of nitrogens with zero attached hydrogens (tertiary/aromatic N) is 3. The van der Waals surface area contributed by atoms with Gasteiger partial charge in [-0.25, -0.2) is 9.37 Å². The molecule has 1 saturated heterocycles. The molecular formula is C27H31F4N5O2S3. The van der Waals surface area contributed by atoms with E-state index in [4.69, 9.17) is 17.0 Å². The van der Waals surface area contributed by atoms with E-state index in [0.717, 1.165) is 10.6 Å². The third-order valence-electron chi connectivity index (χ3n) is 6.96. The van der Waals surface area contributed by atoms with Crippen LogP contribution in [0.5, 0.6) is 5.75 Å². The Balaban J connectivity index is 1.62. The maximum atomic E-state index is 14.6. The van der Waals surface area contributed by atoms with Gasteiger partial charge in [0.05, 0.1) is 18.2 Å². The highest BCUT2D eigenvalue weighted by Gasteiger charge is 2.47. The van der Waals surface area contributed by atoms with Crippen LogP contribution in [0.2, 0.25) is 0 Å². The van der Waals surface area contributed by atoms with E-state index in [1.807, 2.05) is 11.0 Å². The molecule has 0 saturated carbocycles. The zero-order chi connectivity index (χ0) is 30.2. The summed E-state index contributed by atoms with van der Waals surface area (Å²) in [5, 5.41) is 4.02. The van der Waals surface area contributed by atoms with Crippen molar-refractivity contribution < 1.29 is 26.9 Å². The topological polar surface area (TPSA) is 85.4 Å². The van der Waals surface area contributed by atoms with Gasteiger partial charge in [0, 0.05) is 24.5 Å². The Bertz CT molecular complexity index is 1380. The van der Waals surface area contributed by atoms with Gasteiger partial charge in [0.2, 0.25) is 0 Å². The molecular weight excluding hydrogens is 599 g/mol. The van der Waals surface area contributed by atoms with Gasteiger partial charge in [-0.3, -0.25) is 0 Å². The summed E-state index contributed by atoms with van der Waals surface area (Å²) in [6, 6.07) is 6.90. The SMILES string of the molecule is COc1ccc([C@@H](N[S+]([O-])C(C)(C)C)C(F)(F)F)cc1NC(=S)N1CC[C@](c2ccc(C)c(F)c2)(c2ncns2)C1. The van der Waals surface area contributed by atoms with Crippen LogP contribution in [-0.4, -0.2) is 55.0 Å². The molecule has 1 aliphatic heterocycles. The van der Waals surface area contributed by atoms with E-state index in [1.54, 1.807) is 33.8 Å². The van der Waals surface area contributed by atoms with Gasteiger partial charge in [0.15, 0.2) is 11.2 Å². The number of aryl methyl sites for hydroxylation is 1. The highest BCUT2D eigenvalue weighted by atomic mass is 32.2. The Hall–Kier alpha value is -2.52. The molecule has 14 heteroatoms. The number of nitrogens with one attached hydrogen (secondary N) is 2. The quantitative estimate of drug-likeness (QED) is 0.186. The number of anilines is 1. The van der Waals surface area contributed by atoms with Crippen LogP contribution in [0.3, 0.4) is 0 Å². The first kappa shape index (κ1) is 31.4. The molecule has 0 spiro atoms. The van der Waals surface area contributed by atoms with Crippen molar-refractivity contribution >= 4 is 45.9 Å². The summed E-state index contributed by atoms with van der Waals surface area (Å²) in [4.78, 5) is 6.30. The molecule has 222 valence electrons. The van der Waals surface area contributed by atoms with E-state index in [2.05, 4.69) is 19.4 Å². The van der Waals surface area contributed by atoms with Crippen LogP contribution in [0.15, 0.2) is 42.7 Å². The number of methoxy groups -OCH3 is 1. The number of hydrogen-bond acceptors (Lipinski definition) is 7. The molecule has 2 aromatic carbocycles. The van der Waals surface area contributed by atoms with Crippen LogP contribution in [0.4, 0.5) is 23.2 Å². The van der Waals surface area contributed by atoms with Gasteiger partial charge in [-0.15, -0.1) is 4.72 Å². The second-order valence-corrected chi connectivity index (χ2v) is 14.0. The lowest BCUT2D eigenvalue weighted by Crippen LogP contribution is -2.45. The second kappa shape index (κ2) is 12.0. The Kier molecular flexibility index (Phi) is 9.19. The van der Waals surface area contributed by atoms with E-state index in [1.165, 1.54) is 49.2 Å². The van der Waals surface area contributed by atoms with Crippen LogP contribution < -0.4 is 14.8 Å². The van der Waals surface area contributed by atoms with Crippen molar-refractivity contribution in [2.75, 3.05) is 25.5 Å². The number of thiocarbonyl (C=S) groups is 1. The minimum absolute atomic E-state index is 0.152. The van der Waals surface area contributed by atoms with Gasteiger partial charge in [-0.1, -0.05) is 18.2 Å². The Morgan fingerprint density at radius 3 is 2.54 bits per heavy atom. The smallest absolute Gasteiger partial charge is 0.412 e. The van der Waals surface area contributed by atoms with E-state index in [0.29, 0.717) is 25.1 Å². The zero-order valence-corrected chi connectivity index (χ0v) is 25.6. The lowest BCUT2D eigenvalue weighted by molar-refractivity contribution is -0.153. The van der Waals surface area contributed by atoms with Crippen molar-refractivity contribution in [3.05, 3.63) is 70.2 Å². The zero-order valence-electron chi connectivity index (χ0n) is 23.1. The fourth-order valence-corrected chi connectivity index (χ4v) is 6.45. The lowest BCUT2D eigenvalue weighted by atomic mass is 9.80. The summed E-state index contributed by atoms with van der Waals surface area (Å²) >= 11 is 4.95. The molecule has 41 heavy (non-hydrogen) atoms. The van der Waals surface area contributed by atoms with Crippen molar-refractivity contribution in [1.29, 1.82) is 0 Å². The fourth-order valence-electron chi connectivity index (χ4n) is 4.60. The molecule has 1 aliphatic rings. The standard InChI is InChI=1S/C27H31F4N5O2S3/c1-16-6-8-18(13-19(16)28)26(23-32-15-33-40-23)10-11-36(14-26)24(39)34-20-12-17(7-9-21(20)38-5)22(27(29,30)31)35-41(37)25(2,3)4/h6-9,12-13,15,22,35H,10-11,14H2,1-5H3,(H,34,39)/t22-,26+,41?/m1/s1. The molecule has 0 aliphatic carbocycles. The van der Waals surface area contributed by atoms with E-state index >= 15 is 0 Å². The molecule has 1 fully saturated rings. The number of ether oxygens (including phenoxy) is 1. The number of benzene rings is 2. The first-order valence-corrected chi connectivity index (χ1v) is 15.0. The summed E-state index contributed by atoms with van der Waals surface area (Å²) in [5.74, 6) is -0.0449. The minimum atomic E-state index is -4.72. The molecule has 1 aromatic heterocycles. The molecule has 0 radical (unpaired) electrons. The number of likely N-dealkylation sites (tertiary alicyclic amines) is 1. The average molecular weight is 630 g/mol. The molecule has 7 nitrogen and oxygen atoms in total. The van der Waals surface area contributed by atoms with Gasteiger partial charge >= 0.3 is 6.18 Å². The number of alkyl halides is 3. The maximum absolute atomic E-state index is 14.6. The highest BCUT2D eigenvalue weighted by Crippen LogP contribution is 2.43. The number of rotatable bonds is 7. The van der Waals surface area contributed by atoms with Crippen molar-refractivity contribution in [1.82, 2.24) is 19.0 Å². The summed E-state index contributed by atoms with van der Waals surface area (Å²) < 4.78 is 80.3. The molecule has 3 atom stereocenters. The van der Waals surface area contributed by atoms with Gasteiger partial charge in [0.1, 0.15) is 27.6 Å². The fraction of sp³-hybridized carbons (Fsp3) is 0.444. The van der Waals surface area contributed by atoms with Crippen molar-refractivity contribution in [3.63, 3.8) is 0 Å². The molecule has 4 rings (SSSR count). The molecule has 3 aromatic rings. The number of hydrogen-bond donors (Lipinski definition) is 2. The third-order valence-corrected chi connectivity index (χ3v) is 9.75. The van der Waals surface area contributed by atoms with Crippen LogP contribution in [0.25, 0.3) is 0 Å². The molecule has 2 N–H and O–H groups in total. The summed E-state index contributed by atoms with van der Waals surface area (Å²) in [6.45, 7) is 7.30. The predicted octanol–water partition coefficient (Wildman–Crippen LogP) is 6.04. The van der Waals surface area contributed by atoms with Gasteiger partial charge in [-0.2, -0.15) is 17.5 Å². The second-order valence-electron chi connectivity index (χ2n) is 10.8. The first-order valence-electron chi connectivity index (χ1n) is 12.7. The Labute approximate surface area is 249 Å². The average Bonchev–Trinajstić information content (AvgIpc) is 3.59. The monoisotopic (exact) mass is 629 g/mol. The Morgan fingerprint density at radius 2 is 1.95 bits per heavy atom. The van der Waals surface area contributed by atoms with Gasteiger partial charge in [-0.05, 0) is 92.8 Å². The van der Waals surface area contributed by atoms with Crippen LogP contribution in [0, 0.1) is 12.7 Å². The predicted molar refractivity (Wildman–Crippen MR) is 157 cm³/mol. The minimum Gasteiger partial charge on any atom is -0.598 e. The summed E-state index contributed by atoms with van der Waals surface area (Å²) in [6.07, 6.45) is -2.69. The lowest BCUT2D eigenvalue weighted by Gasteiger charge is -2.30. The maximum Gasteiger partial charge on any atom is 0.412 e. The highest BCUT2D eigenvalue weighted by molar-refractivity contribution is 7.90. The van der Waals surface area contributed by atoms with E-state index in [9.17, 15) is 22.1 Å². The van der Waals surface area contributed by atoms with Crippen molar-refractivity contribution in [2.45, 2.75) is 56.5 Å².